The van der Waals surface area contributed by atoms with Gasteiger partial charge < -0.3 is 10.2 Å². The van der Waals surface area contributed by atoms with Gasteiger partial charge in [0.05, 0.1) is 11.9 Å². The lowest BCUT2D eigenvalue weighted by atomic mass is 10.1. The van der Waals surface area contributed by atoms with Crippen LogP contribution >= 0.6 is 11.6 Å². The molecule has 0 heterocycles. The van der Waals surface area contributed by atoms with Gasteiger partial charge in [0, 0.05) is 30.6 Å². The number of anilines is 1. The molecule has 0 unspecified atom stereocenters. The first-order valence-electron chi connectivity index (χ1n) is 12.0. The van der Waals surface area contributed by atoms with Gasteiger partial charge in [0.2, 0.25) is 21.8 Å². The Balaban J connectivity index is 1.69. The smallest absolute Gasteiger partial charge is 0.242 e. The topological polar surface area (TPSA) is 86.8 Å². The highest BCUT2D eigenvalue weighted by Gasteiger charge is 2.28. The Bertz CT molecular complexity index is 1090. The van der Waals surface area contributed by atoms with E-state index in [2.05, 4.69) is 5.32 Å². The fraction of sp³-hybridized carbons (Fsp3) is 0.462. The van der Waals surface area contributed by atoms with Crippen LogP contribution in [0.2, 0.25) is 5.02 Å². The van der Waals surface area contributed by atoms with Gasteiger partial charge in [-0.05, 0) is 56.0 Å². The van der Waals surface area contributed by atoms with Gasteiger partial charge in [0.15, 0.2) is 0 Å². The first-order valence-corrected chi connectivity index (χ1v) is 14.2. The molecule has 1 aliphatic rings. The third-order valence-corrected chi connectivity index (χ3v) is 7.78. The fourth-order valence-electron chi connectivity index (χ4n) is 4.36. The number of sulfonamides is 1. The Hall–Kier alpha value is -2.58. The second kappa shape index (κ2) is 12.4. The maximum Gasteiger partial charge on any atom is 0.242 e. The van der Waals surface area contributed by atoms with Crippen molar-refractivity contribution < 1.29 is 18.0 Å². The molecule has 0 bridgehead atoms. The Morgan fingerprint density at radius 2 is 1.69 bits per heavy atom. The minimum absolute atomic E-state index is 0.119. The highest BCUT2D eigenvalue weighted by atomic mass is 35.5. The van der Waals surface area contributed by atoms with Crippen molar-refractivity contribution in [3.05, 3.63) is 65.2 Å². The van der Waals surface area contributed by atoms with Crippen LogP contribution in [0.1, 0.15) is 51.0 Å². The highest BCUT2D eigenvalue weighted by Crippen LogP contribution is 2.21. The number of amides is 2. The van der Waals surface area contributed by atoms with E-state index in [9.17, 15) is 18.0 Å². The molecule has 1 fully saturated rings. The van der Waals surface area contributed by atoms with Crippen LogP contribution in [0.15, 0.2) is 54.6 Å². The number of para-hydroxylation sites is 1. The second-order valence-electron chi connectivity index (χ2n) is 9.09. The highest BCUT2D eigenvalue weighted by molar-refractivity contribution is 7.92. The van der Waals surface area contributed by atoms with Crippen molar-refractivity contribution in [2.75, 3.05) is 17.1 Å². The van der Waals surface area contributed by atoms with Crippen LogP contribution in [0.3, 0.4) is 0 Å². The van der Waals surface area contributed by atoms with Crippen LogP contribution in [0.5, 0.6) is 0 Å². The average molecular weight is 520 g/mol. The number of nitrogens with one attached hydrogen (secondary N) is 1. The molecule has 9 heteroatoms. The second-order valence-corrected chi connectivity index (χ2v) is 11.4. The zero-order chi connectivity index (χ0) is 25.4. The first kappa shape index (κ1) is 27.0. The van der Waals surface area contributed by atoms with Crippen LogP contribution in [0.25, 0.3) is 0 Å². The van der Waals surface area contributed by atoms with Crippen molar-refractivity contribution in [1.29, 1.82) is 0 Å². The molecule has 1 aliphatic carbocycles. The first-order chi connectivity index (χ1) is 16.6. The number of hydrogen-bond acceptors (Lipinski definition) is 4. The summed E-state index contributed by atoms with van der Waals surface area (Å²) in [7, 11) is -3.50. The Morgan fingerprint density at radius 3 is 2.29 bits per heavy atom. The van der Waals surface area contributed by atoms with E-state index in [0.29, 0.717) is 17.1 Å². The summed E-state index contributed by atoms with van der Waals surface area (Å²) >= 11 is 6.01. The van der Waals surface area contributed by atoms with Crippen molar-refractivity contribution >= 4 is 39.1 Å². The van der Waals surface area contributed by atoms with Crippen LogP contribution in [0, 0.1) is 0 Å². The van der Waals surface area contributed by atoms with Crippen LogP contribution < -0.4 is 9.62 Å². The number of carbonyl (C=O) groups is 2. The monoisotopic (exact) mass is 519 g/mol. The number of rotatable bonds is 11. The van der Waals surface area contributed by atoms with E-state index in [-0.39, 0.29) is 37.4 Å². The third-order valence-electron chi connectivity index (χ3n) is 6.33. The standard InChI is InChI=1S/C26H34ClN3O4S/c1-20(26(32)28-23-9-6-7-10-23)29(19-21-14-16-22(27)17-15-21)25(31)13-8-18-30(35(2,33)34)24-11-4-3-5-12-24/h3-5,11-12,14-17,20,23H,6-10,13,18-19H2,1-2H3,(H,28,32)/t20-/m1/s1. The predicted molar refractivity (Wildman–Crippen MR) is 140 cm³/mol. The lowest BCUT2D eigenvalue weighted by Gasteiger charge is -2.30. The minimum atomic E-state index is -3.50. The molecule has 190 valence electrons. The normalized spacial score (nSPS) is 14.9. The molecule has 0 spiro atoms. The van der Waals surface area contributed by atoms with Crippen molar-refractivity contribution in [3.63, 3.8) is 0 Å². The molecule has 1 N–H and O–H groups in total. The van der Waals surface area contributed by atoms with Crippen LogP contribution in [-0.4, -0.2) is 50.0 Å². The van der Waals surface area contributed by atoms with Gasteiger partial charge in [0.25, 0.3) is 0 Å². The summed E-state index contributed by atoms with van der Waals surface area (Å²) in [5.41, 5.74) is 1.43. The third kappa shape index (κ3) is 7.97. The SMILES string of the molecule is C[C@H](C(=O)NC1CCCC1)N(Cc1ccc(Cl)cc1)C(=O)CCCN(c1ccccc1)S(C)(=O)=O. The number of halogens is 1. The van der Waals surface area contributed by atoms with E-state index in [1.54, 1.807) is 48.2 Å². The molecular formula is C26H34ClN3O4S. The number of hydrogen-bond donors (Lipinski definition) is 1. The summed E-state index contributed by atoms with van der Waals surface area (Å²) in [4.78, 5) is 27.9. The molecule has 0 radical (unpaired) electrons. The molecule has 0 aromatic heterocycles. The summed E-state index contributed by atoms with van der Waals surface area (Å²) in [5.74, 6) is -0.364. The van der Waals surface area contributed by atoms with Gasteiger partial charge in [-0.25, -0.2) is 8.42 Å². The molecule has 0 saturated heterocycles. The molecule has 1 atom stereocenters. The Kier molecular flexibility index (Phi) is 9.57. The van der Waals surface area contributed by atoms with Crippen molar-refractivity contribution in [2.45, 2.75) is 64.1 Å². The maximum atomic E-state index is 13.3. The lowest BCUT2D eigenvalue weighted by Crippen LogP contribution is -2.49. The van der Waals surface area contributed by atoms with Crippen LogP contribution in [-0.2, 0) is 26.2 Å². The fourth-order valence-corrected chi connectivity index (χ4v) is 5.45. The lowest BCUT2D eigenvalue weighted by molar-refractivity contribution is -0.141. The molecule has 35 heavy (non-hydrogen) atoms. The summed E-state index contributed by atoms with van der Waals surface area (Å²) in [6.45, 7) is 2.18. The van der Waals surface area contributed by atoms with E-state index in [4.69, 9.17) is 11.6 Å². The quantitative estimate of drug-likeness (QED) is 0.478. The Morgan fingerprint density at radius 1 is 1.06 bits per heavy atom. The maximum absolute atomic E-state index is 13.3. The zero-order valence-electron chi connectivity index (χ0n) is 20.3. The van der Waals surface area contributed by atoms with Gasteiger partial charge in [-0.1, -0.05) is 54.8 Å². The van der Waals surface area contributed by atoms with Crippen LogP contribution in [0.4, 0.5) is 5.69 Å². The molecule has 2 aromatic rings. The van der Waals surface area contributed by atoms with Crippen molar-refractivity contribution in [1.82, 2.24) is 10.2 Å². The van der Waals surface area contributed by atoms with E-state index in [0.717, 1.165) is 37.5 Å². The summed E-state index contributed by atoms with van der Waals surface area (Å²) < 4.78 is 26.0. The van der Waals surface area contributed by atoms with Crippen molar-refractivity contribution in [3.8, 4) is 0 Å². The van der Waals surface area contributed by atoms with E-state index >= 15 is 0 Å². The molecular weight excluding hydrogens is 486 g/mol. The van der Waals surface area contributed by atoms with Gasteiger partial charge in [-0.3, -0.25) is 13.9 Å². The molecule has 1 saturated carbocycles. The largest absolute Gasteiger partial charge is 0.352 e. The number of nitrogens with zero attached hydrogens (tertiary/aromatic N) is 2. The molecule has 2 amide bonds. The molecule has 0 aliphatic heterocycles. The van der Waals surface area contributed by atoms with Gasteiger partial charge >= 0.3 is 0 Å². The summed E-state index contributed by atoms with van der Waals surface area (Å²) in [5, 5.41) is 3.68. The predicted octanol–water partition coefficient (Wildman–Crippen LogP) is 4.36. The molecule has 7 nitrogen and oxygen atoms in total. The van der Waals surface area contributed by atoms with Gasteiger partial charge in [0.1, 0.15) is 6.04 Å². The number of benzene rings is 2. The average Bonchev–Trinajstić information content (AvgIpc) is 3.33. The molecule has 2 aromatic carbocycles. The zero-order valence-corrected chi connectivity index (χ0v) is 21.9. The van der Waals surface area contributed by atoms with E-state index in [1.165, 1.54) is 4.31 Å². The summed E-state index contributed by atoms with van der Waals surface area (Å²) in [6, 6.07) is 15.5. The van der Waals surface area contributed by atoms with Gasteiger partial charge in [-0.2, -0.15) is 0 Å². The van der Waals surface area contributed by atoms with Crippen molar-refractivity contribution in [2.24, 2.45) is 0 Å². The van der Waals surface area contributed by atoms with Gasteiger partial charge in [-0.15, -0.1) is 0 Å². The summed E-state index contributed by atoms with van der Waals surface area (Å²) in [6.07, 6.45) is 5.73. The molecule has 3 rings (SSSR count). The minimum Gasteiger partial charge on any atom is -0.352 e. The van der Waals surface area contributed by atoms with E-state index in [1.807, 2.05) is 18.2 Å². The van der Waals surface area contributed by atoms with E-state index < -0.39 is 16.1 Å². The Labute approximate surface area is 213 Å². The number of carbonyl (C=O) groups excluding carboxylic acids is 2.